The number of carbonyl (C=O) groups excluding carboxylic acids is 3. The number of anilines is 1. The summed E-state index contributed by atoms with van der Waals surface area (Å²) < 4.78 is 25.1. The smallest absolute Gasteiger partial charge is 0.419 e. The first-order chi connectivity index (χ1) is 16.3. The van der Waals surface area contributed by atoms with Crippen LogP contribution >= 0.6 is 23.2 Å². The van der Waals surface area contributed by atoms with E-state index < -0.39 is 23.5 Å². The van der Waals surface area contributed by atoms with Crippen molar-refractivity contribution in [1.82, 2.24) is 4.57 Å². The number of halogens is 3. The van der Waals surface area contributed by atoms with Crippen LogP contribution in [0.1, 0.15) is 48.5 Å². The SMILES string of the molecule is CCOC(=O)c1c(N(C)CC(=O)c2ccc(F)cc2)c2c(Cl)cc(Cl)cc2n1C(=O)OC(C)(C)C. The molecule has 0 fully saturated rings. The quantitative estimate of drug-likeness (QED) is 0.276. The summed E-state index contributed by atoms with van der Waals surface area (Å²) in [5, 5.41) is 0.715. The molecule has 0 unspecified atom stereocenters. The number of carbonyl (C=O) groups is 3. The third-order valence-corrected chi connectivity index (χ3v) is 5.45. The van der Waals surface area contributed by atoms with E-state index in [1.807, 2.05) is 0 Å². The Bertz CT molecular complexity index is 1300. The monoisotopic (exact) mass is 522 g/mol. The van der Waals surface area contributed by atoms with Gasteiger partial charge in [-0.15, -0.1) is 0 Å². The molecule has 35 heavy (non-hydrogen) atoms. The Labute approximate surface area is 212 Å². The van der Waals surface area contributed by atoms with Crippen molar-refractivity contribution in [3.8, 4) is 0 Å². The van der Waals surface area contributed by atoms with Gasteiger partial charge in [0.1, 0.15) is 11.4 Å². The second kappa shape index (κ2) is 10.3. The number of hydrogen-bond acceptors (Lipinski definition) is 6. The maximum atomic E-state index is 13.3. The Morgan fingerprint density at radius 3 is 2.29 bits per heavy atom. The molecule has 0 bridgehead atoms. The standard InChI is InChI=1S/C25H25Cl2FN2O5/c1-6-34-23(32)22-21(29(5)13-19(31)14-7-9-16(28)10-8-14)20-17(27)11-15(26)12-18(20)30(22)24(33)35-25(2,3)4/h7-12H,6,13H2,1-5H3. The first kappa shape index (κ1) is 26.5. The predicted molar refractivity (Wildman–Crippen MR) is 134 cm³/mol. The minimum Gasteiger partial charge on any atom is -0.461 e. The van der Waals surface area contributed by atoms with E-state index in [4.69, 9.17) is 32.7 Å². The molecule has 1 heterocycles. The highest BCUT2D eigenvalue weighted by Crippen LogP contribution is 2.41. The van der Waals surface area contributed by atoms with E-state index in [0.29, 0.717) is 5.39 Å². The number of ether oxygens (including phenoxy) is 2. The molecular weight excluding hydrogens is 498 g/mol. The van der Waals surface area contributed by atoms with E-state index in [9.17, 15) is 18.8 Å². The average molecular weight is 523 g/mol. The molecule has 0 radical (unpaired) electrons. The maximum Gasteiger partial charge on any atom is 0.419 e. The average Bonchev–Trinajstić information content (AvgIpc) is 3.08. The van der Waals surface area contributed by atoms with Gasteiger partial charge < -0.3 is 14.4 Å². The largest absolute Gasteiger partial charge is 0.461 e. The predicted octanol–water partition coefficient (Wildman–Crippen LogP) is 6.37. The number of nitrogens with zero attached hydrogens (tertiary/aromatic N) is 2. The van der Waals surface area contributed by atoms with E-state index >= 15 is 0 Å². The molecule has 3 rings (SSSR count). The number of likely N-dealkylation sites (N-methyl/N-ethyl adjacent to an activating group) is 1. The lowest BCUT2D eigenvalue weighted by Crippen LogP contribution is -2.31. The number of fused-ring (bicyclic) bond motifs is 1. The molecular formula is C25H25Cl2FN2O5. The van der Waals surface area contributed by atoms with Gasteiger partial charge in [0.15, 0.2) is 11.5 Å². The molecule has 10 heteroatoms. The molecule has 3 aromatic rings. The van der Waals surface area contributed by atoms with Crippen LogP contribution in [0.4, 0.5) is 14.9 Å². The molecule has 0 spiro atoms. The highest BCUT2D eigenvalue weighted by atomic mass is 35.5. The molecule has 0 saturated heterocycles. The fraction of sp³-hybridized carbons (Fsp3) is 0.320. The summed E-state index contributed by atoms with van der Waals surface area (Å²) >= 11 is 12.8. The number of rotatable bonds is 6. The summed E-state index contributed by atoms with van der Waals surface area (Å²) in [4.78, 5) is 40.8. The van der Waals surface area contributed by atoms with Crippen molar-refractivity contribution in [1.29, 1.82) is 0 Å². The summed E-state index contributed by atoms with van der Waals surface area (Å²) in [6, 6.07) is 8.06. The molecule has 0 amide bonds. The maximum absolute atomic E-state index is 13.3. The number of Topliss-reactive ketones (excluding diaryl/α,β-unsaturated/α-hetero) is 1. The summed E-state index contributed by atoms with van der Waals surface area (Å²) in [7, 11) is 1.57. The van der Waals surface area contributed by atoms with Gasteiger partial charge >= 0.3 is 12.1 Å². The molecule has 0 saturated carbocycles. The summed E-state index contributed by atoms with van der Waals surface area (Å²) in [6.07, 6.45) is -0.839. The molecule has 0 atom stereocenters. The Morgan fingerprint density at radius 2 is 1.71 bits per heavy atom. The molecule has 186 valence electrons. The second-order valence-corrected chi connectivity index (χ2v) is 9.64. The van der Waals surface area contributed by atoms with Crippen LogP contribution in [0.2, 0.25) is 10.0 Å². The Balaban J connectivity index is 2.24. The van der Waals surface area contributed by atoms with Crippen molar-refractivity contribution in [2.24, 2.45) is 0 Å². The fourth-order valence-electron chi connectivity index (χ4n) is 3.59. The number of ketones is 1. The van der Waals surface area contributed by atoms with Crippen LogP contribution in [-0.2, 0) is 9.47 Å². The van der Waals surface area contributed by atoms with Crippen LogP contribution < -0.4 is 4.90 Å². The van der Waals surface area contributed by atoms with E-state index in [1.54, 1.807) is 34.7 Å². The Kier molecular flexibility index (Phi) is 7.77. The lowest BCUT2D eigenvalue weighted by atomic mass is 10.1. The van der Waals surface area contributed by atoms with Crippen molar-refractivity contribution in [2.45, 2.75) is 33.3 Å². The van der Waals surface area contributed by atoms with Gasteiger partial charge in [-0.1, -0.05) is 23.2 Å². The van der Waals surface area contributed by atoms with Gasteiger partial charge in [0.25, 0.3) is 0 Å². The van der Waals surface area contributed by atoms with Crippen molar-refractivity contribution >= 4 is 57.6 Å². The minimum absolute atomic E-state index is 0.0425. The van der Waals surface area contributed by atoms with Crippen LogP contribution in [0.3, 0.4) is 0 Å². The molecule has 0 aliphatic heterocycles. The van der Waals surface area contributed by atoms with Crippen LogP contribution in [0.25, 0.3) is 10.9 Å². The van der Waals surface area contributed by atoms with E-state index in [0.717, 1.165) is 4.57 Å². The van der Waals surface area contributed by atoms with E-state index in [2.05, 4.69) is 0 Å². The van der Waals surface area contributed by atoms with Crippen molar-refractivity contribution in [2.75, 3.05) is 25.1 Å². The van der Waals surface area contributed by atoms with Crippen LogP contribution in [0, 0.1) is 5.82 Å². The van der Waals surface area contributed by atoms with Crippen LogP contribution in [-0.4, -0.2) is 48.2 Å². The minimum atomic E-state index is -0.868. The lowest BCUT2D eigenvalue weighted by Gasteiger charge is -2.22. The van der Waals surface area contributed by atoms with E-state index in [-0.39, 0.29) is 51.4 Å². The van der Waals surface area contributed by atoms with Gasteiger partial charge in [-0.3, -0.25) is 4.79 Å². The van der Waals surface area contributed by atoms with Crippen molar-refractivity contribution in [3.05, 3.63) is 63.5 Å². The third kappa shape index (κ3) is 5.77. The molecule has 0 aliphatic carbocycles. The second-order valence-electron chi connectivity index (χ2n) is 8.80. The molecule has 2 aromatic carbocycles. The Morgan fingerprint density at radius 1 is 1.09 bits per heavy atom. The van der Waals surface area contributed by atoms with E-state index in [1.165, 1.54) is 41.3 Å². The van der Waals surface area contributed by atoms with Crippen LogP contribution in [0.5, 0.6) is 0 Å². The molecule has 0 aliphatic rings. The third-order valence-electron chi connectivity index (χ3n) is 4.93. The van der Waals surface area contributed by atoms with Gasteiger partial charge in [0, 0.05) is 23.0 Å². The number of aromatic nitrogens is 1. The normalized spacial score (nSPS) is 11.4. The highest BCUT2D eigenvalue weighted by Gasteiger charge is 2.33. The van der Waals surface area contributed by atoms with Crippen molar-refractivity contribution < 1.29 is 28.2 Å². The number of hydrogen-bond donors (Lipinski definition) is 0. The topological polar surface area (TPSA) is 77.8 Å². The van der Waals surface area contributed by atoms with Gasteiger partial charge in [-0.05, 0) is 64.1 Å². The van der Waals surface area contributed by atoms with Crippen LogP contribution in [0.15, 0.2) is 36.4 Å². The first-order valence-corrected chi connectivity index (χ1v) is 11.5. The zero-order valence-electron chi connectivity index (χ0n) is 19.9. The highest BCUT2D eigenvalue weighted by molar-refractivity contribution is 6.40. The number of benzene rings is 2. The lowest BCUT2D eigenvalue weighted by molar-refractivity contribution is 0.0454. The number of esters is 1. The summed E-state index contributed by atoms with van der Waals surface area (Å²) in [5.74, 6) is -1.62. The van der Waals surface area contributed by atoms with Gasteiger partial charge in [0.2, 0.25) is 0 Å². The van der Waals surface area contributed by atoms with Crippen molar-refractivity contribution in [3.63, 3.8) is 0 Å². The molecule has 7 nitrogen and oxygen atoms in total. The van der Waals surface area contributed by atoms with Gasteiger partial charge in [-0.2, -0.15) is 0 Å². The van der Waals surface area contributed by atoms with Gasteiger partial charge in [-0.25, -0.2) is 18.5 Å². The molecule has 1 aromatic heterocycles. The molecule has 0 N–H and O–H groups in total. The fourth-order valence-corrected chi connectivity index (χ4v) is 4.17. The Hall–Kier alpha value is -3.10. The zero-order chi connectivity index (χ0) is 26.1. The zero-order valence-corrected chi connectivity index (χ0v) is 21.5. The first-order valence-electron chi connectivity index (χ1n) is 10.8. The summed E-state index contributed by atoms with van der Waals surface area (Å²) in [5.41, 5.74) is -0.333. The van der Waals surface area contributed by atoms with Gasteiger partial charge in [0.05, 0.1) is 29.4 Å². The summed E-state index contributed by atoms with van der Waals surface area (Å²) in [6.45, 7) is 6.54.